The minimum Gasteiger partial charge on any atom is -0.493 e. The fourth-order valence-electron chi connectivity index (χ4n) is 3.16. The Bertz CT molecular complexity index is 938. The van der Waals surface area contributed by atoms with Crippen LogP contribution in [0.5, 0.6) is 11.5 Å². The van der Waals surface area contributed by atoms with Crippen LogP contribution >= 0.6 is 34.4 Å². The van der Waals surface area contributed by atoms with E-state index in [-0.39, 0.29) is 0 Å². The number of benzene rings is 1. The second-order valence-electron chi connectivity index (χ2n) is 6.64. The van der Waals surface area contributed by atoms with Gasteiger partial charge in [-0.1, -0.05) is 23.1 Å². The molecule has 1 atom stereocenters. The molecule has 1 aliphatic rings. The average molecular weight is 450 g/mol. The lowest BCUT2D eigenvalue weighted by Crippen LogP contribution is -2.05. The highest BCUT2D eigenvalue weighted by atomic mass is 32.2. The van der Waals surface area contributed by atoms with E-state index < -0.39 is 0 Å². The highest BCUT2D eigenvalue weighted by molar-refractivity contribution is 8.00. The van der Waals surface area contributed by atoms with Gasteiger partial charge in [-0.2, -0.15) is 0 Å². The van der Waals surface area contributed by atoms with Gasteiger partial charge in [0.2, 0.25) is 0 Å². The zero-order chi connectivity index (χ0) is 20.1. The molecule has 2 aromatic heterocycles. The molecule has 1 aromatic carbocycles. The van der Waals surface area contributed by atoms with Gasteiger partial charge in [0.05, 0.1) is 26.0 Å². The summed E-state index contributed by atoms with van der Waals surface area (Å²) in [6, 6.07) is 5.87. The maximum absolute atomic E-state index is 5.68. The summed E-state index contributed by atoms with van der Waals surface area (Å²) in [6.07, 6.45) is 4.75. The number of aryl methyl sites for hydroxylation is 1. The van der Waals surface area contributed by atoms with E-state index in [9.17, 15) is 0 Å². The highest BCUT2D eigenvalue weighted by Gasteiger charge is 2.16. The van der Waals surface area contributed by atoms with Crippen molar-refractivity contribution in [1.82, 2.24) is 15.2 Å². The quantitative estimate of drug-likeness (QED) is 0.422. The number of aromatic nitrogens is 3. The molecular weight excluding hydrogens is 426 g/mol. The van der Waals surface area contributed by atoms with Crippen LogP contribution in [-0.2, 0) is 16.9 Å². The second-order valence-corrected chi connectivity index (χ2v) is 9.78. The highest BCUT2D eigenvalue weighted by Crippen LogP contribution is 2.34. The zero-order valence-corrected chi connectivity index (χ0v) is 18.9. The molecule has 3 aromatic rings. The number of hydrogen-bond acceptors (Lipinski definition) is 9. The number of thioether (sulfide) groups is 1. The first kappa shape index (κ1) is 20.6. The summed E-state index contributed by atoms with van der Waals surface area (Å²) in [7, 11) is 3.28. The van der Waals surface area contributed by atoms with Crippen LogP contribution in [0.1, 0.15) is 30.0 Å². The molecule has 154 valence electrons. The largest absolute Gasteiger partial charge is 0.493 e. The van der Waals surface area contributed by atoms with Crippen molar-refractivity contribution in [3.05, 3.63) is 34.3 Å². The van der Waals surface area contributed by atoms with Crippen LogP contribution in [0, 0.1) is 0 Å². The van der Waals surface area contributed by atoms with Crippen molar-refractivity contribution >= 4 is 34.4 Å². The van der Waals surface area contributed by atoms with Crippen LogP contribution in [0.4, 0.5) is 0 Å². The standard InChI is InChI=1S/C20H23N3O3S3/c1-24-16-7-5-13(10-17(16)25-2)19-21-14(11-27-19)12-28-20-23-22-18(29-20)8-6-15-4-3-9-26-15/h5,7,10-11,15H,3-4,6,8-9,12H2,1-2H3. The first-order valence-corrected chi connectivity index (χ1v) is 12.2. The Kier molecular flexibility index (Phi) is 7.02. The van der Waals surface area contributed by atoms with Crippen molar-refractivity contribution in [2.45, 2.75) is 41.9 Å². The van der Waals surface area contributed by atoms with Crippen LogP contribution in [-0.4, -0.2) is 42.1 Å². The van der Waals surface area contributed by atoms with E-state index >= 15 is 0 Å². The van der Waals surface area contributed by atoms with Gasteiger partial charge in [-0.15, -0.1) is 21.5 Å². The van der Waals surface area contributed by atoms with E-state index in [1.54, 1.807) is 48.7 Å². The monoisotopic (exact) mass is 449 g/mol. The van der Waals surface area contributed by atoms with Gasteiger partial charge in [-0.05, 0) is 37.5 Å². The molecule has 0 amide bonds. The van der Waals surface area contributed by atoms with Gasteiger partial charge < -0.3 is 14.2 Å². The first-order chi connectivity index (χ1) is 14.2. The Morgan fingerprint density at radius 3 is 2.90 bits per heavy atom. The van der Waals surface area contributed by atoms with E-state index in [0.29, 0.717) is 11.9 Å². The van der Waals surface area contributed by atoms with Crippen LogP contribution in [0.25, 0.3) is 10.6 Å². The summed E-state index contributed by atoms with van der Waals surface area (Å²) < 4.78 is 17.4. The molecule has 1 saturated heterocycles. The number of thiazole rings is 1. The third-order valence-electron chi connectivity index (χ3n) is 4.68. The third-order valence-corrected chi connectivity index (χ3v) is 7.77. The molecule has 1 aliphatic heterocycles. The number of rotatable bonds is 9. The summed E-state index contributed by atoms with van der Waals surface area (Å²) in [5.74, 6) is 2.21. The van der Waals surface area contributed by atoms with E-state index in [4.69, 9.17) is 19.2 Å². The van der Waals surface area contributed by atoms with Crippen molar-refractivity contribution < 1.29 is 14.2 Å². The summed E-state index contributed by atoms with van der Waals surface area (Å²) in [6.45, 7) is 0.904. The van der Waals surface area contributed by atoms with Crippen LogP contribution in [0.2, 0.25) is 0 Å². The Labute approximate surface area is 182 Å². The molecule has 4 rings (SSSR count). The molecule has 1 unspecified atom stereocenters. The minimum absolute atomic E-state index is 0.403. The Morgan fingerprint density at radius 2 is 2.10 bits per heavy atom. The summed E-state index contributed by atoms with van der Waals surface area (Å²) in [5, 5.41) is 12.8. The van der Waals surface area contributed by atoms with Gasteiger partial charge in [0.25, 0.3) is 0 Å². The van der Waals surface area contributed by atoms with Crippen LogP contribution in [0.15, 0.2) is 27.9 Å². The maximum Gasteiger partial charge on any atom is 0.174 e. The molecule has 0 bridgehead atoms. The fraction of sp³-hybridized carbons (Fsp3) is 0.450. The summed E-state index contributed by atoms with van der Waals surface area (Å²) in [4.78, 5) is 4.76. The molecule has 0 radical (unpaired) electrons. The van der Waals surface area contributed by atoms with Crippen LogP contribution < -0.4 is 9.47 Å². The number of ether oxygens (including phenoxy) is 3. The van der Waals surface area contributed by atoms with E-state index in [0.717, 1.165) is 56.6 Å². The normalized spacial score (nSPS) is 16.3. The predicted molar refractivity (Wildman–Crippen MR) is 117 cm³/mol. The average Bonchev–Trinajstić information content (AvgIpc) is 3.52. The van der Waals surface area contributed by atoms with E-state index in [1.807, 2.05) is 18.2 Å². The first-order valence-electron chi connectivity index (χ1n) is 9.48. The van der Waals surface area contributed by atoms with Gasteiger partial charge >= 0.3 is 0 Å². The van der Waals surface area contributed by atoms with Crippen molar-refractivity contribution in [3.8, 4) is 22.1 Å². The van der Waals surface area contributed by atoms with Crippen molar-refractivity contribution in [2.24, 2.45) is 0 Å². The molecule has 0 N–H and O–H groups in total. The predicted octanol–water partition coefficient (Wildman–Crippen LogP) is 5.08. The van der Waals surface area contributed by atoms with Gasteiger partial charge in [0.15, 0.2) is 15.8 Å². The molecule has 3 heterocycles. The van der Waals surface area contributed by atoms with E-state index in [1.165, 1.54) is 12.8 Å². The Morgan fingerprint density at radius 1 is 1.21 bits per heavy atom. The van der Waals surface area contributed by atoms with Crippen molar-refractivity contribution in [1.29, 1.82) is 0 Å². The lowest BCUT2D eigenvalue weighted by Gasteiger charge is -2.08. The molecule has 1 fully saturated rings. The third kappa shape index (κ3) is 5.28. The molecule has 29 heavy (non-hydrogen) atoms. The topological polar surface area (TPSA) is 66.4 Å². The minimum atomic E-state index is 0.403. The number of nitrogens with zero attached hydrogens (tertiary/aromatic N) is 3. The number of methoxy groups -OCH3 is 2. The molecule has 6 nitrogen and oxygen atoms in total. The smallest absolute Gasteiger partial charge is 0.174 e. The molecular formula is C20H23N3O3S3. The van der Waals surface area contributed by atoms with Gasteiger partial charge in [0, 0.05) is 29.7 Å². The molecule has 0 saturated carbocycles. The van der Waals surface area contributed by atoms with Crippen molar-refractivity contribution in [2.75, 3.05) is 20.8 Å². The van der Waals surface area contributed by atoms with Crippen molar-refractivity contribution in [3.63, 3.8) is 0 Å². The summed E-state index contributed by atoms with van der Waals surface area (Å²) >= 11 is 5.00. The summed E-state index contributed by atoms with van der Waals surface area (Å²) in [5.41, 5.74) is 2.07. The van der Waals surface area contributed by atoms with E-state index in [2.05, 4.69) is 15.6 Å². The SMILES string of the molecule is COc1ccc(-c2nc(CSc3nnc(CCC4CCCO4)s3)cs2)cc1OC. The Hall–Kier alpha value is -1.68. The van der Waals surface area contributed by atoms with Gasteiger partial charge in [0.1, 0.15) is 10.0 Å². The second kappa shape index (κ2) is 9.88. The number of hydrogen-bond donors (Lipinski definition) is 0. The lowest BCUT2D eigenvalue weighted by molar-refractivity contribution is 0.104. The van der Waals surface area contributed by atoms with Crippen LogP contribution in [0.3, 0.4) is 0 Å². The van der Waals surface area contributed by atoms with Gasteiger partial charge in [-0.25, -0.2) is 4.98 Å². The zero-order valence-electron chi connectivity index (χ0n) is 16.4. The maximum atomic E-state index is 5.68. The van der Waals surface area contributed by atoms with Gasteiger partial charge in [-0.3, -0.25) is 0 Å². The molecule has 9 heteroatoms. The Balaban J connectivity index is 1.33. The molecule has 0 spiro atoms. The molecule has 0 aliphatic carbocycles. The fourth-order valence-corrected chi connectivity index (χ4v) is 5.89. The lowest BCUT2D eigenvalue weighted by atomic mass is 10.1.